The van der Waals surface area contributed by atoms with E-state index in [1.54, 1.807) is 7.11 Å². The van der Waals surface area contributed by atoms with Crippen LogP contribution in [0.1, 0.15) is 6.92 Å². The summed E-state index contributed by atoms with van der Waals surface area (Å²) < 4.78 is 5.24. The van der Waals surface area contributed by atoms with E-state index in [0.717, 1.165) is 49.6 Å². The van der Waals surface area contributed by atoms with Crippen molar-refractivity contribution in [3.8, 4) is 0 Å². The molecule has 1 atom stereocenters. The van der Waals surface area contributed by atoms with Crippen LogP contribution in [0, 0.1) is 0 Å². The van der Waals surface area contributed by atoms with Gasteiger partial charge in [-0.15, -0.1) is 0 Å². The van der Waals surface area contributed by atoms with Gasteiger partial charge in [-0.3, -0.25) is 4.90 Å². The second-order valence-corrected chi connectivity index (χ2v) is 5.75. The molecule has 1 aliphatic rings. The van der Waals surface area contributed by atoms with Gasteiger partial charge in [0.05, 0.1) is 12.1 Å². The number of piperazine rings is 1. The lowest BCUT2D eigenvalue weighted by Crippen LogP contribution is -2.51. The van der Waals surface area contributed by atoms with Crippen LogP contribution in [0.2, 0.25) is 0 Å². The van der Waals surface area contributed by atoms with Crippen LogP contribution in [0.3, 0.4) is 0 Å². The molecule has 118 valence electrons. The number of benzene rings is 1. The van der Waals surface area contributed by atoms with E-state index in [9.17, 15) is 0 Å². The van der Waals surface area contributed by atoms with Crippen LogP contribution < -0.4 is 10.6 Å². The Morgan fingerprint density at radius 2 is 1.91 bits per heavy atom. The monoisotopic (exact) mass is 301 g/mol. The smallest absolute Gasteiger partial charge is 0.227 e. The average Bonchev–Trinajstić information content (AvgIpc) is 2.55. The van der Waals surface area contributed by atoms with Gasteiger partial charge in [0.15, 0.2) is 0 Å². The second kappa shape index (κ2) is 6.46. The zero-order valence-electron chi connectivity index (χ0n) is 13.2. The highest BCUT2D eigenvalue weighted by atomic mass is 16.5. The van der Waals surface area contributed by atoms with E-state index < -0.39 is 0 Å². The van der Waals surface area contributed by atoms with Crippen molar-refractivity contribution in [1.29, 1.82) is 0 Å². The third kappa shape index (κ3) is 2.98. The predicted octanol–water partition coefficient (Wildman–Crippen LogP) is 1.37. The Morgan fingerprint density at radius 3 is 2.64 bits per heavy atom. The zero-order chi connectivity index (χ0) is 15.5. The van der Waals surface area contributed by atoms with Crippen molar-refractivity contribution >= 4 is 22.7 Å². The van der Waals surface area contributed by atoms with Crippen molar-refractivity contribution in [3.05, 3.63) is 24.3 Å². The normalized spacial score (nSPS) is 17.8. The second-order valence-electron chi connectivity index (χ2n) is 5.75. The number of nitrogen functional groups attached to an aromatic ring is 1. The summed E-state index contributed by atoms with van der Waals surface area (Å²) in [7, 11) is 1.75. The lowest BCUT2D eigenvalue weighted by atomic mass is 10.2. The van der Waals surface area contributed by atoms with Gasteiger partial charge in [0.25, 0.3) is 0 Å². The molecule has 0 radical (unpaired) electrons. The molecule has 1 fully saturated rings. The Hall–Kier alpha value is -1.92. The first-order valence-electron chi connectivity index (χ1n) is 7.69. The quantitative estimate of drug-likeness (QED) is 0.920. The summed E-state index contributed by atoms with van der Waals surface area (Å²) >= 11 is 0. The van der Waals surface area contributed by atoms with Crippen LogP contribution in [0.15, 0.2) is 24.3 Å². The van der Waals surface area contributed by atoms with E-state index in [1.807, 2.05) is 24.3 Å². The highest BCUT2D eigenvalue weighted by molar-refractivity contribution is 5.88. The van der Waals surface area contributed by atoms with E-state index in [2.05, 4.69) is 26.7 Å². The first-order chi connectivity index (χ1) is 10.7. The minimum absolute atomic E-state index is 0.440. The maximum atomic E-state index is 6.07. The number of para-hydroxylation sites is 1. The number of hydrogen-bond acceptors (Lipinski definition) is 6. The standard InChI is InChI=1S/C16H23N5O/c1-12(11-22-2)20-7-9-21(10-8-20)16-18-14-6-4-3-5-13(14)15(17)19-16/h3-6,12H,7-11H2,1-2H3,(H2,17,18,19)/t12-/m1/s1. The van der Waals surface area contributed by atoms with Gasteiger partial charge < -0.3 is 15.4 Å². The molecule has 1 aromatic heterocycles. The fourth-order valence-corrected chi connectivity index (χ4v) is 2.94. The van der Waals surface area contributed by atoms with E-state index >= 15 is 0 Å². The summed E-state index contributed by atoms with van der Waals surface area (Å²) in [6.45, 7) is 6.75. The van der Waals surface area contributed by atoms with Gasteiger partial charge in [0, 0.05) is 44.7 Å². The lowest BCUT2D eigenvalue weighted by Gasteiger charge is -2.37. The Kier molecular flexibility index (Phi) is 4.40. The molecule has 6 nitrogen and oxygen atoms in total. The summed E-state index contributed by atoms with van der Waals surface area (Å²) in [5, 5.41) is 0.915. The third-order valence-electron chi connectivity index (χ3n) is 4.25. The van der Waals surface area contributed by atoms with Crippen molar-refractivity contribution in [1.82, 2.24) is 14.9 Å². The lowest BCUT2D eigenvalue weighted by molar-refractivity contribution is 0.0951. The van der Waals surface area contributed by atoms with Crippen LogP contribution in [0.5, 0.6) is 0 Å². The highest BCUT2D eigenvalue weighted by Crippen LogP contribution is 2.22. The number of anilines is 2. The first-order valence-corrected chi connectivity index (χ1v) is 7.69. The molecule has 0 amide bonds. The molecule has 2 aromatic rings. The van der Waals surface area contributed by atoms with Crippen molar-refractivity contribution in [3.63, 3.8) is 0 Å². The van der Waals surface area contributed by atoms with Gasteiger partial charge in [0.2, 0.25) is 5.95 Å². The SMILES string of the molecule is COC[C@@H](C)N1CCN(c2nc(N)c3ccccc3n2)CC1. The van der Waals surface area contributed by atoms with Crippen molar-refractivity contribution in [2.45, 2.75) is 13.0 Å². The van der Waals surface area contributed by atoms with Gasteiger partial charge in [0.1, 0.15) is 5.82 Å². The molecule has 0 unspecified atom stereocenters. The number of aromatic nitrogens is 2. The Balaban J connectivity index is 1.74. The molecule has 0 spiro atoms. The number of rotatable bonds is 4. The van der Waals surface area contributed by atoms with Crippen molar-refractivity contribution in [2.24, 2.45) is 0 Å². The molecule has 3 rings (SSSR count). The van der Waals surface area contributed by atoms with Gasteiger partial charge in [-0.1, -0.05) is 12.1 Å². The summed E-state index contributed by atoms with van der Waals surface area (Å²) in [4.78, 5) is 13.8. The Labute approximate surface area is 130 Å². The van der Waals surface area contributed by atoms with Crippen LogP contribution in [-0.4, -0.2) is 60.8 Å². The molecule has 2 heterocycles. The average molecular weight is 301 g/mol. The Morgan fingerprint density at radius 1 is 1.18 bits per heavy atom. The number of nitrogens with two attached hydrogens (primary N) is 1. The van der Waals surface area contributed by atoms with Crippen LogP contribution in [0.4, 0.5) is 11.8 Å². The number of ether oxygens (including phenoxy) is 1. The molecule has 2 N–H and O–H groups in total. The maximum Gasteiger partial charge on any atom is 0.227 e. The number of fused-ring (bicyclic) bond motifs is 1. The minimum Gasteiger partial charge on any atom is -0.383 e. The van der Waals surface area contributed by atoms with E-state index in [4.69, 9.17) is 10.5 Å². The molecule has 22 heavy (non-hydrogen) atoms. The molecule has 1 aromatic carbocycles. The van der Waals surface area contributed by atoms with Gasteiger partial charge >= 0.3 is 0 Å². The van der Waals surface area contributed by atoms with E-state index in [1.165, 1.54) is 0 Å². The molecule has 1 saturated heterocycles. The van der Waals surface area contributed by atoms with Gasteiger partial charge in [-0.2, -0.15) is 4.98 Å². The molecular formula is C16H23N5O. The largest absolute Gasteiger partial charge is 0.383 e. The molecule has 0 saturated carbocycles. The highest BCUT2D eigenvalue weighted by Gasteiger charge is 2.23. The number of methoxy groups -OCH3 is 1. The molecule has 6 heteroatoms. The Bertz CT molecular complexity index is 639. The number of nitrogens with zero attached hydrogens (tertiary/aromatic N) is 4. The molecule has 0 aliphatic carbocycles. The van der Waals surface area contributed by atoms with Gasteiger partial charge in [-0.05, 0) is 19.1 Å². The molecule has 1 aliphatic heterocycles. The number of hydrogen-bond donors (Lipinski definition) is 1. The minimum atomic E-state index is 0.440. The fourth-order valence-electron chi connectivity index (χ4n) is 2.94. The fraction of sp³-hybridized carbons (Fsp3) is 0.500. The van der Waals surface area contributed by atoms with Crippen LogP contribution in [-0.2, 0) is 4.74 Å². The van der Waals surface area contributed by atoms with Crippen molar-refractivity contribution in [2.75, 3.05) is 50.5 Å². The van der Waals surface area contributed by atoms with E-state index in [0.29, 0.717) is 11.9 Å². The van der Waals surface area contributed by atoms with Crippen LogP contribution in [0.25, 0.3) is 10.9 Å². The summed E-state index contributed by atoms with van der Waals surface area (Å²) in [5.41, 5.74) is 6.98. The summed E-state index contributed by atoms with van der Waals surface area (Å²) in [6, 6.07) is 8.31. The first kappa shape index (κ1) is 15.0. The maximum absolute atomic E-state index is 6.07. The van der Waals surface area contributed by atoms with Crippen molar-refractivity contribution < 1.29 is 4.74 Å². The van der Waals surface area contributed by atoms with Gasteiger partial charge in [-0.25, -0.2) is 4.98 Å². The van der Waals surface area contributed by atoms with E-state index in [-0.39, 0.29) is 0 Å². The molecule has 0 bridgehead atoms. The predicted molar refractivity (Wildman–Crippen MR) is 89.1 cm³/mol. The molecular weight excluding hydrogens is 278 g/mol. The summed E-state index contributed by atoms with van der Waals surface area (Å²) in [5.74, 6) is 1.28. The third-order valence-corrected chi connectivity index (χ3v) is 4.25. The topological polar surface area (TPSA) is 67.5 Å². The zero-order valence-corrected chi connectivity index (χ0v) is 13.2. The van der Waals surface area contributed by atoms with Crippen LogP contribution >= 0.6 is 0 Å². The summed E-state index contributed by atoms with van der Waals surface area (Å²) in [6.07, 6.45) is 0.